The van der Waals surface area contributed by atoms with Crippen LogP contribution >= 0.6 is 11.6 Å². The first-order valence-electron chi connectivity index (χ1n) is 4.86. The van der Waals surface area contributed by atoms with E-state index in [0.717, 1.165) is 5.56 Å². The van der Waals surface area contributed by atoms with Crippen molar-refractivity contribution >= 4 is 17.6 Å². The highest BCUT2D eigenvalue weighted by molar-refractivity contribution is 6.31. The van der Waals surface area contributed by atoms with E-state index in [2.05, 4.69) is 10.6 Å². The second-order valence-electron chi connectivity index (χ2n) is 3.11. The Morgan fingerprint density at radius 1 is 1.38 bits per heavy atom. The molecule has 1 rings (SSSR count). The van der Waals surface area contributed by atoms with Crippen LogP contribution < -0.4 is 10.6 Å². The van der Waals surface area contributed by atoms with Crippen molar-refractivity contribution in [3.8, 4) is 6.07 Å². The van der Waals surface area contributed by atoms with E-state index in [4.69, 9.17) is 16.9 Å². The van der Waals surface area contributed by atoms with Crippen LogP contribution in [0.4, 0.5) is 4.79 Å². The number of nitriles is 1. The van der Waals surface area contributed by atoms with Gasteiger partial charge in [-0.2, -0.15) is 5.26 Å². The predicted octanol–water partition coefficient (Wildman–Crippen LogP) is 2.05. The molecule has 0 saturated carbocycles. The summed E-state index contributed by atoms with van der Waals surface area (Å²) in [6.45, 7) is 0.725. The van der Waals surface area contributed by atoms with E-state index >= 15 is 0 Å². The van der Waals surface area contributed by atoms with E-state index in [1.54, 1.807) is 6.07 Å². The number of carbonyl (C=O) groups is 1. The maximum atomic E-state index is 11.2. The molecule has 0 atom stereocenters. The smallest absolute Gasteiger partial charge is 0.315 e. The molecule has 0 unspecified atom stereocenters. The fourth-order valence-corrected chi connectivity index (χ4v) is 1.31. The van der Waals surface area contributed by atoms with Crippen LogP contribution in [-0.2, 0) is 6.54 Å². The zero-order valence-corrected chi connectivity index (χ0v) is 9.42. The minimum absolute atomic E-state index is 0.296. The number of amides is 2. The van der Waals surface area contributed by atoms with E-state index in [-0.39, 0.29) is 6.03 Å². The molecule has 0 aliphatic rings. The molecule has 84 valence electrons. The van der Waals surface area contributed by atoms with Gasteiger partial charge >= 0.3 is 6.03 Å². The molecular formula is C11H12ClN3O. The Labute approximate surface area is 99.2 Å². The molecule has 5 heteroatoms. The van der Waals surface area contributed by atoms with Gasteiger partial charge in [0.15, 0.2) is 0 Å². The van der Waals surface area contributed by atoms with Crippen LogP contribution in [0.15, 0.2) is 24.3 Å². The highest BCUT2D eigenvalue weighted by Crippen LogP contribution is 2.13. The zero-order valence-electron chi connectivity index (χ0n) is 8.66. The van der Waals surface area contributed by atoms with Crippen molar-refractivity contribution in [2.24, 2.45) is 0 Å². The molecule has 0 aliphatic carbocycles. The quantitative estimate of drug-likeness (QED) is 0.788. The molecule has 0 bridgehead atoms. The van der Waals surface area contributed by atoms with Gasteiger partial charge in [0, 0.05) is 18.1 Å². The predicted molar refractivity (Wildman–Crippen MR) is 61.9 cm³/mol. The number of benzene rings is 1. The van der Waals surface area contributed by atoms with Gasteiger partial charge in [0.25, 0.3) is 0 Å². The van der Waals surface area contributed by atoms with Crippen LogP contribution in [0.1, 0.15) is 12.0 Å². The molecule has 0 radical (unpaired) electrons. The largest absolute Gasteiger partial charge is 0.337 e. The standard InChI is InChI=1S/C11H12ClN3O/c12-10-5-2-1-4-9(10)8-15-11(16)14-7-3-6-13/h1-2,4-5H,3,7-8H2,(H2,14,15,16). The molecule has 4 nitrogen and oxygen atoms in total. The lowest BCUT2D eigenvalue weighted by molar-refractivity contribution is 0.241. The fourth-order valence-electron chi connectivity index (χ4n) is 1.11. The van der Waals surface area contributed by atoms with E-state index in [1.807, 2.05) is 24.3 Å². The topological polar surface area (TPSA) is 64.9 Å². The number of hydrogen-bond acceptors (Lipinski definition) is 2. The normalized spacial score (nSPS) is 9.25. The third-order valence-corrected chi connectivity index (χ3v) is 2.29. The van der Waals surface area contributed by atoms with Crippen LogP contribution in [-0.4, -0.2) is 12.6 Å². The monoisotopic (exact) mass is 237 g/mol. The SMILES string of the molecule is N#CCCNC(=O)NCc1ccccc1Cl. The fraction of sp³-hybridized carbons (Fsp3) is 0.273. The van der Waals surface area contributed by atoms with E-state index in [9.17, 15) is 4.79 Å². The van der Waals surface area contributed by atoms with E-state index in [1.165, 1.54) is 0 Å². The van der Waals surface area contributed by atoms with Crippen LogP contribution in [0.3, 0.4) is 0 Å². The molecule has 16 heavy (non-hydrogen) atoms. The van der Waals surface area contributed by atoms with Crippen molar-refractivity contribution < 1.29 is 4.79 Å². The molecule has 1 aromatic carbocycles. The first-order chi connectivity index (χ1) is 7.74. The average Bonchev–Trinajstić information content (AvgIpc) is 2.28. The zero-order chi connectivity index (χ0) is 11.8. The lowest BCUT2D eigenvalue weighted by Crippen LogP contribution is -2.35. The van der Waals surface area contributed by atoms with Gasteiger partial charge in [-0.1, -0.05) is 29.8 Å². The Bertz CT molecular complexity index is 400. The Kier molecular flexibility index (Phi) is 5.17. The minimum atomic E-state index is -0.296. The Balaban J connectivity index is 2.32. The third kappa shape index (κ3) is 4.20. The first-order valence-corrected chi connectivity index (χ1v) is 5.24. The summed E-state index contributed by atoms with van der Waals surface area (Å²) in [5.41, 5.74) is 0.861. The third-order valence-electron chi connectivity index (χ3n) is 1.92. The second kappa shape index (κ2) is 6.70. The van der Waals surface area contributed by atoms with Crippen LogP contribution in [0, 0.1) is 11.3 Å². The van der Waals surface area contributed by atoms with Crippen molar-refractivity contribution in [2.75, 3.05) is 6.54 Å². The molecule has 2 amide bonds. The maximum absolute atomic E-state index is 11.2. The number of nitrogens with zero attached hydrogens (tertiary/aromatic N) is 1. The van der Waals surface area contributed by atoms with Gasteiger partial charge in [0.2, 0.25) is 0 Å². The van der Waals surface area contributed by atoms with Crippen LogP contribution in [0.25, 0.3) is 0 Å². The number of halogens is 1. The van der Waals surface area contributed by atoms with Crippen LogP contribution in [0.5, 0.6) is 0 Å². The highest BCUT2D eigenvalue weighted by Gasteiger charge is 2.01. The minimum Gasteiger partial charge on any atom is -0.337 e. The molecule has 0 aromatic heterocycles. The molecule has 0 aliphatic heterocycles. The molecule has 0 heterocycles. The Hall–Kier alpha value is -1.73. The Morgan fingerprint density at radius 2 is 2.12 bits per heavy atom. The summed E-state index contributed by atoms with van der Waals surface area (Å²) < 4.78 is 0. The number of rotatable bonds is 4. The summed E-state index contributed by atoms with van der Waals surface area (Å²) in [7, 11) is 0. The number of hydrogen-bond donors (Lipinski definition) is 2. The second-order valence-corrected chi connectivity index (χ2v) is 3.52. The van der Waals surface area contributed by atoms with Gasteiger partial charge in [-0.05, 0) is 11.6 Å². The van der Waals surface area contributed by atoms with Gasteiger partial charge in [-0.15, -0.1) is 0 Å². The van der Waals surface area contributed by atoms with Crippen molar-refractivity contribution in [3.05, 3.63) is 34.9 Å². The van der Waals surface area contributed by atoms with Crippen molar-refractivity contribution in [2.45, 2.75) is 13.0 Å². The van der Waals surface area contributed by atoms with Crippen molar-refractivity contribution in [3.63, 3.8) is 0 Å². The molecular weight excluding hydrogens is 226 g/mol. The van der Waals surface area contributed by atoms with Gasteiger partial charge in [-0.3, -0.25) is 0 Å². The number of nitrogens with one attached hydrogen (secondary N) is 2. The lowest BCUT2D eigenvalue weighted by Gasteiger charge is -2.07. The van der Waals surface area contributed by atoms with Gasteiger partial charge < -0.3 is 10.6 Å². The summed E-state index contributed by atoms with van der Waals surface area (Å²) in [6, 6.07) is 8.95. The molecule has 0 fully saturated rings. The summed E-state index contributed by atoms with van der Waals surface area (Å²) >= 11 is 5.92. The molecule has 1 aromatic rings. The number of carbonyl (C=O) groups excluding carboxylic acids is 1. The van der Waals surface area contributed by atoms with Crippen molar-refractivity contribution in [1.82, 2.24) is 10.6 Å². The van der Waals surface area contributed by atoms with E-state index < -0.39 is 0 Å². The Morgan fingerprint density at radius 3 is 2.81 bits per heavy atom. The van der Waals surface area contributed by atoms with E-state index in [0.29, 0.717) is 24.5 Å². The summed E-state index contributed by atoms with van der Waals surface area (Å²) in [5.74, 6) is 0. The van der Waals surface area contributed by atoms with Gasteiger partial charge in [-0.25, -0.2) is 4.79 Å². The average molecular weight is 238 g/mol. The number of urea groups is 1. The summed E-state index contributed by atoms with van der Waals surface area (Å²) in [4.78, 5) is 11.2. The summed E-state index contributed by atoms with van der Waals surface area (Å²) in [5, 5.41) is 14.1. The van der Waals surface area contributed by atoms with Crippen LogP contribution in [0.2, 0.25) is 5.02 Å². The maximum Gasteiger partial charge on any atom is 0.315 e. The molecule has 0 saturated heterocycles. The molecule has 0 spiro atoms. The van der Waals surface area contributed by atoms with Crippen molar-refractivity contribution in [1.29, 1.82) is 5.26 Å². The lowest BCUT2D eigenvalue weighted by atomic mass is 10.2. The first kappa shape index (κ1) is 12.3. The van der Waals surface area contributed by atoms with Gasteiger partial charge in [0.05, 0.1) is 12.5 Å². The summed E-state index contributed by atoms with van der Waals surface area (Å²) in [6.07, 6.45) is 0.305. The van der Waals surface area contributed by atoms with Gasteiger partial charge in [0.1, 0.15) is 0 Å². The highest BCUT2D eigenvalue weighted by atomic mass is 35.5. The molecule has 2 N–H and O–H groups in total.